The molecule has 0 spiro atoms. The van der Waals surface area contributed by atoms with E-state index >= 15 is 0 Å². The number of amides is 3. The largest absolute Gasteiger partial charge is 0.334 e. The van der Waals surface area contributed by atoms with E-state index in [1.54, 1.807) is 31.2 Å². The average molecular weight is 523 g/mol. The minimum atomic E-state index is -0.478. The van der Waals surface area contributed by atoms with Crippen LogP contribution in [0.4, 0.5) is 16.2 Å². The number of carbonyl (C=O) groups excluding carboxylic acids is 2. The topological polar surface area (TPSA) is 138 Å². The third-order valence-corrected chi connectivity index (χ3v) is 6.95. The third kappa shape index (κ3) is 5.22. The molecule has 0 radical (unpaired) electrons. The Kier molecular flexibility index (Phi) is 7.64. The van der Waals surface area contributed by atoms with Gasteiger partial charge in [-0.05, 0) is 63.1 Å². The Morgan fingerprint density at radius 2 is 1.73 bits per heavy atom. The van der Waals surface area contributed by atoms with Crippen molar-refractivity contribution in [1.82, 2.24) is 14.5 Å². The monoisotopic (exact) mass is 522 g/mol. The van der Waals surface area contributed by atoms with Crippen molar-refractivity contribution in [2.75, 3.05) is 10.6 Å². The van der Waals surface area contributed by atoms with E-state index in [1.165, 1.54) is 21.3 Å². The van der Waals surface area contributed by atoms with Crippen LogP contribution in [0.1, 0.15) is 38.7 Å². The predicted octanol–water partition coefficient (Wildman–Crippen LogP) is 3.66. The first-order chi connectivity index (χ1) is 17.8. The number of nitrogens with zero attached hydrogens (tertiary/aromatic N) is 3. The molecule has 3 aromatic rings. The molecule has 37 heavy (non-hydrogen) atoms. The molecule has 2 unspecified atom stereocenters. The summed E-state index contributed by atoms with van der Waals surface area (Å²) < 4.78 is 2.70. The molecule has 2 aromatic carbocycles. The van der Waals surface area contributed by atoms with Gasteiger partial charge in [0.2, 0.25) is 5.91 Å². The zero-order chi connectivity index (χ0) is 26.7. The van der Waals surface area contributed by atoms with Crippen LogP contribution in [0.3, 0.4) is 0 Å². The summed E-state index contributed by atoms with van der Waals surface area (Å²) in [6.45, 7) is 4.23. The van der Waals surface area contributed by atoms with Gasteiger partial charge in [0.05, 0.1) is 27.4 Å². The molecule has 0 saturated heterocycles. The first-order valence-electron chi connectivity index (χ1n) is 12.1. The molecule has 0 bridgehead atoms. The number of halogens is 1. The normalized spacial score (nSPS) is 16.8. The molecule has 3 amide bonds. The second-order valence-corrected chi connectivity index (χ2v) is 9.25. The molecule has 1 aromatic heterocycles. The molecule has 1 saturated carbocycles. The van der Waals surface area contributed by atoms with E-state index in [4.69, 9.17) is 16.9 Å². The molecule has 192 valence electrons. The first kappa shape index (κ1) is 26.0. The Labute approximate surface area is 217 Å². The van der Waals surface area contributed by atoms with E-state index in [-0.39, 0.29) is 29.2 Å². The van der Waals surface area contributed by atoms with Crippen LogP contribution in [0.25, 0.3) is 10.9 Å². The quantitative estimate of drug-likeness (QED) is 0.453. The highest BCUT2D eigenvalue weighted by molar-refractivity contribution is 6.32. The summed E-state index contributed by atoms with van der Waals surface area (Å²) in [7, 11) is 0. The maximum atomic E-state index is 13.1. The fourth-order valence-corrected chi connectivity index (χ4v) is 5.01. The minimum absolute atomic E-state index is 0.232. The van der Waals surface area contributed by atoms with Crippen LogP contribution in [-0.2, 0) is 17.9 Å². The highest BCUT2D eigenvalue weighted by Gasteiger charge is 2.34. The lowest BCUT2D eigenvalue weighted by Gasteiger charge is -2.21. The number of nitrogens with one attached hydrogen (secondary N) is 3. The first-order valence-corrected chi connectivity index (χ1v) is 12.5. The Balaban J connectivity index is 1.48. The second kappa shape index (κ2) is 10.9. The van der Waals surface area contributed by atoms with Gasteiger partial charge in [-0.2, -0.15) is 5.26 Å². The Bertz CT molecular complexity index is 1540. The molecule has 11 heteroatoms. The fourth-order valence-electron chi connectivity index (χ4n) is 4.79. The lowest BCUT2D eigenvalue weighted by Crippen LogP contribution is -2.43. The van der Waals surface area contributed by atoms with E-state index in [0.29, 0.717) is 47.2 Å². The van der Waals surface area contributed by atoms with E-state index < -0.39 is 17.5 Å². The van der Waals surface area contributed by atoms with E-state index in [2.05, 4.69) is 16.0 Å². The van der Waals surface area contributed by atoms with Gasteiger partial charge in [0.15, 0.2) is 0 Å². The van der Waals surface area contributed by atoms with Crippen molar-refractivity contribution < 1.29 is 9.59 Å². The number of hydrogen-bond donors (Lipinski definition) is 3. The third-order valence-electron chi connectivity index (χ3n) is 6.64. The molecule has 1 aliphatic carbocycles. The Hall–Kier alpha value is -4.10. The van der Waals surface area contributed by atoms with Gasteiger partial charge in [-0.3, -0.25) is 18.7 Å². The molecular weight excluding hydrogens is 496 g/mol. The Morgan fingerprint density at radius 1 is 1.03 bits per heavy atom. The molecule has 1 fully saturated rings. The summed E-state index contributed by atoms with van der Waals surface area (Å²) in [5, 5.41) is 18.0. The highest BCUT2D eigenvalue weighted by Crippen LogP contribution is 2.28. The van der Waals surface area contributed by atoms with Gasteiger partial charge in [0, 0.05) is 30.5 Å². The highest BCUT2D eigenvalue weighted by atomic mass is 35.5. The molecule has 1 heterocycles. The average Bonchev–Trinajstić information content (AvgIpc) is 3.33. The lowest BCUT2D eigenvalue weighted by atomic mass is 10.0. The maximum absolute atomic E-state index is 13.1. The van der Waals surface area contributed by atoms with E-state index in [0.717, 1.165) is 6.42 Å². The molecule has 4 rings (SSSR count). The van der Waals surface area contributed by atoms with Crippen molar-refractivity contribution in [3.63, 3.8) is 0 Å². The van der Waals surface area contributed by atoms with Crippen LogP contribution in [0.2, 0.25) is 5.02 Å². The van der Waals surface area contributed by atoms with Gasteiger partial charge < -0.3 is 16.0 Å². The van der Waals surface area contributed by atoms with Crippen LogP contribution in [0.15, 0.2) is 46.0 Å². The van der Waals surface area contributed by atoms with Gasteiger partial charge in [-0.1, -0.05) is 18.0 Å². The number of anilines is 2. The number of urea groups is 1. The summed E-state index contributed by atoms with van der Waals surface area (Å²) in [5.41, 5.74) is 0.936. The summed E-state index contributed by atoms with van der Waals surface area (Å²) >= 11 is 6.03. The van der Waals surface area contributed by atoms with Crippen LogP contribution < -0.4 is 27.2 Å². The van der Waals surface area contributed by atoms with Crippen molar-refractivity contribution in [3.05, 3.63) is 67.8 Å². The zero-order valence-electron chi connectivity index (χ0n) is 20.5. The lowest BCUT2D eigenvalue weighted by molar-refractivity contribution is -0.120. The summed E-state index contributed by atoms with van der Waals surface area (Å²) in [6, 6.07) is 10.6. The van der Waals surface area contributed by atoms with Crippen LogP contribution in [-0.4, -0.2) is 27.1 Å². The fraction of sp³-hybridized carbons (Fsp3) is 0.346. The summed E-state index contributed by atoms with van der Waals surface area (Å²) in [5.74, 6) is -0.717. The zero-order valence-corrected chi connectivity index (χ0v) is 21.3. The number of aryl methyl sites for hydroxylation is 1. The Morgan fingerprint density at radius 3 is 2.41 bits per heavy atom. The number of benzene rings is 2. The molecule has 2 atom stereocenters. The standard InChI is InChI=1S/C26H27ClN6O4/c1-3-32-22-11-10-16(12-19(22)24(35)33(4-2)26(32)37)29-23(34)18-6-5-7-21(18)31-25(36)30-17-9-8-15(14-28)20(27)13-17/h8-13,18,21H,3-7H2,1-2H3,(H,29,34)(H2,30,31,36). The molecular formula is C26H27ClN6O4. The predicted molar refractivity (Wildman–Crippen MR) is 142 cm³/mol. The number of carbonyl (C=O) groups is 2. The van der Waals surface area contributed by atoms with Crippen molar-refractivity contribution in [2.24, 2.45) is 5.92 Å². The number of rotatable bonds is 6. The molecule has 3 N–H and O–H groups in total. The number of nitriles is 1. The minimum Gasteiger partial charge on any atom is -0.334 e. The molecule has 1 aliphatic rings. The van der Waals surface area contributed by atoms with Crippen molar-refractivity contribution in [2.45, 2.75) is 52.2 Å². The van der Waals surface area contributed by atoms with Crippen molar-refractivity contribution >= 4 is 45.8 Å². The van der Waals surface area contributed by atoms with Crippen LogP contribution in [0, 0.1) is 17.2 Å². The number of aromatic nitrogens is 2. The van der Waals surface area contributed by atoms with Gasteiger partial charge >= 0.3 is 11.7 Å². The number of hydrogen-bond acceptors (Lipinski definition) is 5. The van der Waals surface area contributed by atoms with Gasteiger partial charge in [0.25, 0.3) is 5.56 Å². The molecule has 0 aliphatic heterocycles. The summed E-state index contributed by atoms with van der Waals surface area (Å²) in [4.78, 5) is 51.2. The van der Waals surface area contributed by atoms with Gasteiger partial charge in [0.1, 0.15) is 6.07 Å². The van der Waals surface area contributed by atoms with Crippen LogP contribution >= 0.6 is 11.6 Å². The van der Waals surface area contributed by atoms with E-state index in [9.17, 15) is 19.2 Å². The van der Waals surface area contributed by atoms with E-state index in [1.807, 2.05) is 13.0 Å². The molecule has 10 nitrogen and oxygen atoms in total. The summed E-state index contributed by atoms with van der Waals surface area (Å²) in [6.07, 6.45) is 2.01. The SMILES string of the molecule is CCn1c(=O)c2cc(NC(=O)C3CCCC3NC(=O)Nc3ccc(C#N)c(Cl)c3)ccc2n(CC)c1=O. The van der Waals surface area contributed by atoms with Crippen LogP contribution in [0.5, 0.6) is 0 Å². The number of fused-ring (bicyclic) bond motifs is 1. The second-order valence-electron chi connectivity index (χ2n) is 8.85. The van der Waals surface area contributed by atoms with Gasteiger partial charge in [-0.25, -0.2) is 9.59 Å². The smallest absolute Gasteiger partial charge is 0.331 e. The van der Waals surface area contributed by atoms with Gasteiger partial charge in [-0.15, -0.1) is 0 Å². The van der Waals surface area contributed by atoms with Crippen molar-refractivity contribution in [3.8, 4) is 6.07 Å². The van der Waals surface area contributed by atoms with Crippen molar-refractivity contribution in [1.29, 1.82) is 5.26 Å². The maximum Gasteiger partial charge on any atom is 0.331 e.